The van der Waals surface area contributed by atoms with Crippen LogP contribution < -0.4 is 10.1 Å². The Morgan fingerprint density at radius 1 is 1.11 bits per heavy atom. The Morgan fingerprint density at radius 3 is 2.44 bits per heavy atom. The molecule has 0 fully saturated rings. The first-order chi connectivity index (χ1) is 17.1. The number of rotatable bonds is 6. The van der Waals surface area contributed by atoms with Gasteiger partial charge < -0.3 is 15.2 Å². The third-order valence-corrected chi connectivity index (χ3v) is 6.07. The van der Waals surface area contributed by atoms with Crippen LogP contribution in [0.1, 0.15) is 36.8 Å². The minimum atomic E-state index is -1.13. The van der Waals surface area contributed by atoms with E-state index in [1.807, 2.05) is 32.9 Å². The SMILES string of the molecule is CC(C)(C)C1CN=C(Nc2ccc(Oc3cccc(C(=O)O)n3)cc2)N(Cc2ccc(Cl)cc2)C1=O. The van der Waals surface area contributed by atoms with Crippen LogP contribution in [0.25, 0.3) is 0 Å². The van der Waals surface area contributed by atoms with Crippen molar-refractivity contribution in [2.75, 3.05) is 11.9 Å². The van der Waals surface area contributed by atoms with Crippen molar-refractivity contribution in [3.63, 3.8) is 0 Å². The highest BCUT2D eigenvalue weighted by molar-refractivity contribution is 6.30. The van der Waals surface area contributed by atoms with Crippen molar-refractivity contribution in [1.29, 1.82) is 0 Å². The van der Waals surface area contributed by atoms with Gasteiger partial charge in [-0.15, -0.1) is 0 Å². The highest BCUT2D eigenvalue weighted by Crippen LogP contribution is 2.32. The van der Waals surface area contributed by atoms with E-state index in [-0.39, 0.29) is 28.8 Å². The van der Waals surface area contributed by atoms with Gasteiger partial charge in [0.15, 0.2) is 5.69 Å². The Hall–Kier alpha value is -3.91. The number of nitrogens with zero attached hydrogens (tertiary/aromatic N) is 3. The van der Waals surface area contributed by atoms with Gasteiger partial charge in [-0.05, 0) is 53.4 Å². The van der Waals surface area contributed by atoms with Crippen molar-refractivity contribution in [3.05, 3.63) is 83.0 Å². The van der Waals surface area contributed by atoms with Gasteiger partial charge in [0.25, 0.3) is 0 Å². The summed E-state index contributed by atoms with van der Waals surface area (Å²) in [5, 5.41) is 13.0. The van der Waals surface area contributed by atoms with Crippen LogP contribution in [-0.4, -0.2) is 39.4 Å². The van der Waals surface area contributed by atoms with E-state index in [2.05, 4.69) is 10.3 Å². The molecule has 4 rings (SSSR count). The number of anilines is 1. The molecule has 2 heterocycles. The smallest absolute Gasteiger partial charge is 0.354 e. The number of ether oxygens (including phenoxy) is 1. The fraction of sp³-hybridized carbons (Fsp3) is 0.259. The average Bonchev–Trinajstić information content (AvgIpc) is 2.83. The summed E-state index contributed by atoms with van der Waals surface area (Å²) in [6, 6.07) is 19.0. The van der Waals surface area contributed by atoms with E-state index in [0.717, 1.165) is 11.3 Å². The van der Waals surface area contributed by atoms with Crippen LogP contribution in [-0.2, 0) is 11.3 Å². The van der Waals surface area contributed by atoms with Crippen molar-refractivity contribution in [1.82, 2.24) is 9.88 Å². The molecular weight excluding hydrogens is 480 g/mol. The number of aromatic carboxylic acids is 1. The number of nitrogens with one attached hydrogen (secondary N) is 1. The molecule has 2 N–H and O–H groups in total. The number of hydrogen-bond donors (Lipinski definition) is 2. The molecule has 2 aromatic carbocycles. The lowest BCUT2D eigenvalue weighted by atomic mass is 9.79. The van der Waals surface area contributed by atoms with E-state index in [9.17, 15) is 9.59 Å². The summed E-state index contributed by atoms with van der Waals surface area (Å²) < 4.78 is 5.68. The molecule has 1 aliphatic heterocycles. The second-order valence-corrected chi connectivity index (χ2v) is 9.99. The number of hydrogen-bond acceptors (Lipinski definition) is 6. The van der Waals surface area contributed by atoms with Crippen LogP contribution in [0.5, 0.6) is 11.6 Å². The number of carbonyl (C=O) groups excluding carboxylic acids is 1. The molecule has 36 heavy (non-hydrogen) atoms. The van der Waals surface area contributed by atoms with E-state index < -0.39 is 5.97 Å². The molecule has 1 aliphatic rings. The molecular formula is C27H27ClN4O4. The molecule has 3 aromatic rings. The Morgan fingerprint density at radius 2 is 1.81 bits per heavy atom. The monoisotopic (exact) mass is 506 g/mol. The third kappa shape index (κ3) is 6.01. The first-order valence-corrected chi connectivity index (χ1v) is 11.8. The Labute approximate surface area is 214 Å². The molecule has 0 aliphatic carbocycles. The molecule has 0 radical (unpaired) electrons. The van der Waals surface area contributed by atoms with Crippen molar-refractivity contribution in [2.24, 2.45) is 16.3 Å². The number of amides is 1. The first-order valence-electron chi connectivity index (χ1n) is 11.5. The minimum absolute atomic E-state index is 0.0132. The van der Waals surface area contributed by atoms with Gasteiger partial charge in [-0.2, -0.15) is 0 Å². The maximum atomic E-state index is 13.5. The van der Waals surface area contributed by atoms with E-state index in [1.54, 1.807) is 53.4 Å². The topological polar surface area (TPSA) is 104 Å². The number of aliphatic imine (C=N–C) groups is 1. The molecule has 1 amide bonds. The van der Waals surface area contributed by atoms with Gasteiger partial charge >= 0.3 is 5.97 Å². The zero-order valence-corrected chi connectivity index (χ0v) is 21.0. The predicted octanol–water partition coefficient (Wildman–Crippen LogP) is 5.70. The van der Waals surface area contributed by atoms with Gasteiger partial charge in [0.05, 0.1) is 19.0 Å². The van der Waals surface area contributed by atoms with Gasteiger partial charge in [-0.3, -0.25) is 14.7 Å². The number of guanidine groups is 1. The number of benzene rings is 2. The normalized spacial score (nSPS) is 15.9. The second-order valence-electron chi connectivity index (χ2n) is 9.55. The fourth-order valence-electron chi connectivity index (χ4n) is 3.76. The van der Waals surface area contributed by atoms with E-state index in [0.29, 0.717) is 29.8 Å². The summed E-state index contributed by atoms with van der Waals surface area (Å²) in [6.07, 6.45) is 0. The molecule has 1 unspecified atom stereocenters. The summed E-state index contributed by atoms with van der Waals surface area (Å²) in [7, 11) is 0. The Kier molecular flexibility index (Phi) is 7.26. The van der Waals surface area contributed by atoms with Crippen LogP contribution in [0.2, 0.25) is 5.02 Å². The van der Waals surface area contributed by atoms with Crippen LogP contribution >= 0.6 is 11.6 Å². The summed E-state index contributed by atoms with van der Waals surface area (Å²) in [4.78, 5) is 35.0. The number of aromatic nitrogens is 1. The lowest BCUT2D eigenvalue weighted by Gasteiger charge is -2.38. The lowest BCUT2D eigenvalue weighted by molar-refractivity contribution is -0.135. The van der Waals surface area contributed by atoms with Crippen molar-refractivity contribution in [2.45, 2.75) is 27.3 Å². The first kappa shape index (κ1) is 25.2. The molecule has 0 spiro atoms. The highest BCUT2D eigenvalue weighted by Gasteiger charge is 2.39. The summed E-state index contributed by atoms with van der Waals surface area (Å²) >= 11 is 6.03. The van der Waals surface area contributed by atoms with Gasteiger partial charge in [0.1, 0.15) is 5.75 Å². The zero-order valence-electron chi connectivity index (χ0n) is 20.2. The number of carboxylic acids is 1. The lowest BCUT2D eigenvalue weighted by Crippen LogP contribution is -2.51. The van der Waals surface area contributed by atoms with Crippen molar-refractivity contribution >= 4 is 35.1 Å². The molecule has 8 nitrogen and oxygen atoms in total. The maximum Gasteiger partial charge on any atom is 0.354 e. The third-order valence-electron chi connectivity index (χ3n) is 5.82. The molecule has 9 heteroatoms. The Balaban J connectivity index is 1.52. The fourth-order valence-corrected chi connectivity index (χ4v) is 3.88. The van der Waals surface area contributed by atoms with Crippen molar-refractivity contribution < 1.29 is 19.4 Å². The van der Waals surface area contributed by atoms with Crippen LogP contribution in [0.4, 0.5) is 5.69 Å². The van der Waals surface area contributed by atoms with E-state index >= 15 is 0 Å². The maximum absolute atomic E-state index is 13.5. The van der Waals surface area contributed by atoms with E-state index in [4.69, 9.17) is 26.4 Å². The molecule has 0 saturated heterocycles. The number of carbonyl (C=O) groups is 2. The molecule has 1 atom stereocenters. The highest BCUT2D eigenvalue weighted by atomic mass is 35.5. The number of carboxylic acid groups (broad SMARTS) is 1. The summed E-state index contributed by atoms with van der Waals surface area (Å²) in [6.45, 7) is 6.90. The van der Waals surface area contributed by atoms with Gasteiger partial charge in [-0.25, -0.2) is 9.78 Å². The van der Waals surface area contributed by atoms with Crippen LogP contribution in [0.15, 0.2) is 71.7 Å². The molecule has 1 aromatic heterocycles. The Bertz CT molecular complexity index is 1280. The number of pyridine rings is 1. The summed E-state index contributed by atoms with van der Waals surface area (Å²) in [5.41, 5.74) is 1.34. The second kappa shape index (κ2) is 10.4. The van der Waals surface area contributed by atoms with Crippen LogP contribution in [0, 0.1) is 11.3 Å². The zero-order chi connectivity index (χ0) is 25.9. The number of halogens is 1. The minimum Gasteiger partial charge on any atom is -0.477 e. The van der Waals surface area contributed by atoms with Gasteiger partial charge in [0, 0.05) is 16.8 Å². The molecule has 0 saturated carbocycles. The van der Waals surface area contributed by atoms with Gasteiger partial charge in [-0.1, -0.05) is 50.6 Å². The van der Waals surface area contributed by atoms with E-state index in [1.165, 1.54) is 6.07 Å². The average molecular weight is 507 g/mol. The van der Waals surface area contributed by atoms with Crippen LogP contribution in [0.3, 0.4) is 0 Å². The molecule has 0 bridgehead atoms. The van der Waals surface area contributed by atoms with Crippen molar-refractivity contribution in [3.8, 4) is 11.6 Å². The largest absolute Gasteiger partial charge is 0.477 e. The predicted molar refractivity (Wildman–Crippen MR) is 139 cm³/mol. The quantitative estimate of drug-likeness (QED) is 0.444. The standard InChI is InChI=1S/C27H27ClN4O4/c1-27(2,3)21-15-29-26(32(24(21)33)16-17-7-9-18(28)10-8-17)30-19-11-13-20(14-12-19)36-23-6-4-5-22(31-23)25(34)35/h4-14,21H,15-16H2,1-3H3,(H,29,30)(H,34,35). The molecule has 186 valence electrons. The summed E-state index contributed by atoms with van der Waals surface area (Å²) in [5.74, 6) is -0.206. The van der Waals surface area contributed by atoms with Gasteiger partial charge in [0.2, 0.25) is 17.7 Å².